The van der Waals surface area contributed by atoms with Crippen LogP contribution in [0.25, 0.3) is 11.3 Å². The van der Waals surface area contributed by atoms with Crippen molar-refractivity contribution in [1.29, 1.82) is 0 Å². The number of imidazole rings is 1. The summed E-state index contributed by atoms with van der Waals surface area (Å²) in [7, 11) is 0. The highest BCUT2D eigenvalue weighted by molar-refractivity contribution is 5.74. The first kappa shape index (κ1) is 24.6. The van der Waals surface area contributed by atoms with Crippen molar-refractivity contribution >= 4 is 5.91 Å². The number of halogens is 2. The van der Waals surface area contributed by atoms with Crippen LogP contribution >= 0.6 is 0 Å². The van der Waals surface area contributed by atoms with Crippen molar-refractivity contribution in [2.75, 3.05) is 13.1 Å². The van der Waals surface area contributed by atoms with E-state index in [1.54, 1.807) is 11.1 Å². The number of carbonyl (C=O) groups is 1. The molecule has 0 spiro atoms. The first-order chi connectivity index (χ1) is 15.6. The zero-order valence-electron chi connectivity index (χ0n) is 19.7. The molecule has 0 bridgehead atoms. The van der Waals surface area contributed by atoms with Gasteiger partial charge in [0.25, 0.3) is 0 Å². The SMILES string of the molecule is CC(=O)N(CCCN)[C@@H](c1nc(-c2cc(F)ccc2F)cn1Cc1ccccc1)C(C)(C)C. The van der Waals surface area contributed by atoms with E-state index in [2.05, 4.69) is 0 Å². The molecule has 5 nitrogen and oxygen atoms in total. The van der Waals surface area contributed by atoms with Gasteiger partial charge in [0.2, 0.25) is 5.91 Å². The number of carbonyl (C=O) groups excluding carboxylic acids is 1. The smallest absolute Gasteiger partial charge is 0.220 e. The molecule has 0 fully saturated rings. The molecule has 33 heavy (non-hydrogen) atoms. The first-order valence-corrected chi connectivity index (χ1v) is 11.2. The summed E-state index contributed by atoms with van der Waals surface area (Å²) in [6.45, 7) is 9.08. The van der Waals surface area contributed by atoms with Gasteiger partial charge in [-0.25, -0.2) is 13.8 Å². The molecular weight excluding hydrogens is 422 g/mol. The summed E-state index contributed by atoms with van der Waals surface area (Å²) >= 11 is 0. The number of rotatable bonds is 8. The quantitative estimate of drug-likeness (QED) is 0.511. The molecule has 0 radical (unpaired) electrons. The fourth-order valence-corrected chi connectivity index (χ4v) is 4.10. The van der Waals surface area contributed by atoms with Crippen molar-refractivity contribution in [2.45, 2.75) is 46.7 Å². The van der Waals surface area contributed by atoms with Gasteiger partial charge in [-0.05, 0) is 42.1 Å². The maximum atomic E-state index is 14.6. The van der Waals surface area contributed by atoms with Gasteiger partial charge >= 0.3 is 0 Å². The zero-order valence-corrected chi connectivity index (χ0v) is 19.7. The van der Waals surface area contributed by atoms with E-state index in [0.717, 1.165) is 23.8 Å². The van der Waals surface area contributed by atoms with E-state index in [9.17, 15) is 13.6 Å². The van der Waals surface area contributed by atoms with Crippen molar-refractivity contribution in [1.82, 2.24) is 14.5 Å². The lowest BCUT2D eigenvalue weighted by molar-refractivity contribution is -0.134. The summed E-state index contributed by atoms with van der Waals surface area (Å²) in [4.78, 5) is 19.3. The maximum Gasteiger partial charge on any atom is 0.220 e. The Hall–Kier alpha value is -3.06. The summed E-state index contributed by atoms with van der Waals surface area (Å²) in [5.41, 5.74) is 6.81. The van der Waals surface area contributed by atoms with Crippen molar-refractivity contribution < 1.29 is 13.6 Å². The van der Waals surface area contributed by atoms with E-state index in [4.69, 9.17) is 10.7 Å². The average molecular weight is 455 g/mol. The van der Waals surface area contributed by atoms with Gasteiger partial charge in [0.05, 0.1) is 11.7 Å². The Morgan fingerprint density at radius 2 is 1.85 bits per heavy atom. The van der Waals surface area contributed by atoms with Gasteiger partial charge in [-0.2, -0.15) is 0 Å². The highest BCUT2D eigenvalue weighted by Gasteiger charge is 2.37. The van der Waals surface area contributed by atoms with Crippen LogP contribution < -0.4 is 5.73 Å². The molecule has 1 amide bonds. The lowest BCUT2D eigenvalue weighted by Crippen LogP contribution is -2.42. The second kappa shape index (κ2) is 10.3. The number of amides is 1. The minimum atomic E-state index is -0.550. The van der Waals surface area contributed by atoms with Gasteiger partial charge in [0.15, 0.2) is 0 Å². The van der Waals surface area contributed by atoms with Gasteiger partial charge < -0.3 is 15.2 Å². The standard InChI is InChI=1S/C26H32F2N4O/c1-18(33)32(14-8-13-29)24(26(2,3)4)25-30-23(21-15-20(27)11-12-22(21)28)17-31(25)16-19-9-6-5-7-10-19/h5-7,9-12,15,17,24H,8,13-14,16,29H2,1-4H3/t24-/m0/s1. The molecular formula is C26H32F2N4O. The first-order valence-electron chi connectivity index (χ1n) is 11.2. The number of hydrogen-bond donors (Lipinski definition) is 1. The number of benzene rings is 2. The van der Waals surface area contributed by atoms with E-state index in [1.165, 1.54) is 6.92 Å². The van der Waals surface area contributed by atoms with Crippen LogP contribution in [0.5, 0.6) is 0 Å². The van der Waals surface area contributed by atoms with Crippen LogP contribution in [0.1, 0.15) is 51.5 Å². The molecule has 176 valence electrons. The molecule has 0 aliphatic rings. The largest absolute Gasteiger partial charge is 0.332 e. The van der Waals surface area contributed by atoms with Crippen LogP contribution in [0.2, 0.25) is 0 Å². The van der Waals surface area contributed by atoms with Gasteiger partial charge in [-0.15, -0.1) is 0 Å². The molecule has 1 aromatic heterocycles. The molecule has 0 unspecified atom stereocenters. The minimum Gasteiger partial charge on any atom is -0.332 e. The van der Waals surface area contributed by atoms with Crippen LogP contribution in [0.15, 0.2) is 54.7 Å². The Morgan fingerprint density at radius 3 is 2.45 bits per heavy atom. The Kier molecular flexibility index (Phi) is 7.64. The number of nitrogens with two attached hydrogens (primary N) is 1. The average Bonchev–Trinajstić information content (AvgIpc) is 3.15. The van der Waals surface area contributed by atoms with E-state index in [-0.39, 0.29) is 16.9 Å². The van der Waals surface area contributed by atoms with Crippen molar-refractivity contribution in [2.24, 2.45) is 11.1 Å². The van der Waals surface area contributed by atoms with Crippen molar-refractivity contribution in [3.63, 3.8) is 0 Å². The molecule has 0 aliphatic heterocycles. The fourth-order valence-electron chi connectivity index (χ4n) is 4.10. The molecule has 7 heteroatoms. The normalized spacial score (nSPS) is 12.6. The van der Waals surface area contributed by atoms with Crippen LogP contribution in [0.3, 0.4) is 0 Å². The van der Waals surface area contributed by atoms with E-state index >= 15 is 0 Å². The third-order valence-corrected chi connectivity index (χ3v) is 5.59. The summed E-state index contributed by atoms with van der Waals surface area (Å²) in [6, 6.07) is 12.8. The van der Waals surface area contributed by atoms with Gasteiger partial charge in [0, 0.05) is 31.8 Å². The van der Waals surface area contributed by atoms with Gasteiger partial charge in [-0.3, -0.25) is 4.79 Å². The number of aromatic nitrogens is 2. The highest BCUT2D eigenvalue weighted by atomic mass is 19.1. The molecule has 2 N–H and O–H groups in total. The number of hydrogen-bond acceptors (Lipinski definition) is 3. The molecule has 1 heterocycles. The maximum absolute atomic E-state index is 14.6. The summed E-state index contributed by atoms with van der Waals surface area (Å²) < 4.78 is 30.5. The second-order valence-electron chi connectivity index (χ2n) is 9.35. The zero-order chi connectivity index (χ0) is 24.2. The Balaban J connectivity index is 2.19. The fraction of sp³-hybridized carbons (Fsp3) is 0.385. The Bertz CT molecular complexity index is 1090. The Morgan fingerprint density at radius 1 is 1.15 bits per heavy atom. The van der Waals surface area contributed by atoms with Crippen LogP contribution in [0.4, 0.5) is 8.78 Å². The van der Waals surface area contributed by atoms with Gasteiger partial charge in [-0.1, -0.05) is 51.1 Å². The Labute approximate surface area is 194 Å². The third-order valence-electron chi connectivity index (χ3n) is 5.59. The van der Waals surface area contributed by atoms with Crippen LogP contribution in [-0.2, 0) is 11.3 Å². The lowest BCUT2D eigenvalue weighted by Gasteiger charge is -2.39. The monoisotopic (exact) mass is 454 g/mol. The molecule has 1 atom stereocenters. The molecule has 0 saturated carbocycles. The van der Waals surface area contributed by atoms with Gasteiger partial charge in [0.1, 0.15) is 17.5 Å². The number of nitrogens with zero attached hydrogens (tertiary/aromatic N) is 3. The van der Waals surface area contributed by atoms with E-state index in [1.807, 2.05) is 55.7 Å². The second-order valence-corrected chi connectivity index (χ2v) is 9.35. The predicted molar refractivity (Wildman–Crippen MR) is 126 cm³/mol. The van der Waals surface area contributed by atoms with Crippen LogP contribution in [-0.4, -0.2) is 33.4 Å². The van der Waals surface area contributed by atoms with E-state index in [0.29, 0.717) is 37.6 Å². The molecule has 3 aromatic rings. The molecule has 3 rings (SSSR count). The minimum absolute atomic E-state index is 0.0869. The summed E-state index contributed by atoms with van der Waals surface area (Å²) in [5, 5.41) is 0. The van der Waals surface area contributed by atoms with Crippen molar-refractivity contribution in [3.05, 3.63) is 77.8 Å². The predicted octanol–water partition coefficient (Wildman–Crippen LogP) is 5.16. The van der Waals surface area contributed by atoms with E-state index < -0.39 is 17.7 Å². The lowest BCUT2D eigenvalue weighted by atomic mass is 9.84. The molecule has 2 aromatic carbocycles. The van der Waals surface area contributed by atoms with Crippen molar-refractivity contribution in [3.8, 4) is 11.3 Å². The van der Waals surface area contributed by atoms with Crippen LogP contribution in [0, 0.1) is 17.0 Å². The summed E-state index contributed by atoms with van der Waals surface area (Å²) in [6.07, 6.45) is 2.39. The molecule has 0 aliphatic carbocycles. The summed E-state index contributed by atoms with van der Waals surface area (Å²) in [5.74, 6) is -0.550. The molecule has 0 saturated heterocycles. The topological polar surface area (TPSA) is 64.2 Å². The third kappa shape index (κ3) is 5.85. The highest BCUT2D eigenvalue weighted by Crippen LogP contribution is 2.39.